The first-order valence-corrected chi connectivity index (χ1v) is 7.30. The van der Waals surface area contributed by atoms with E-state index in [-0.39, 0.29) is 0 Å². The quantitative estimate of drug-likeness (QED) is 0.783. The number of fused-ring (bicyclic) bond motifs is 1. The van der Waals surface area contributed by atoms with Crippen molar-refractivity contribution in [3.63, 3.8) is 0 Å². The second kappa shape index (κ2) is 4.60. The molecule has 0 spiro atoms. The van der Waals surface area contributed by atoms with Gasteiger partial charge in [0.25, 0.3) is 0 Å². The predicted molar refractivity (Wildman–Crippen MR) is 67.3 cm³/mol. The van der Waals surface area contributed by atoms with Gasteiger partial charge in [-0.3, -0.25) is 4.79 Å². The van der Waals surface area contributed by atoms with E-state index in [4.69, 9.17) is 5.73 Å². The SMILES string of the molecule is NC1CCCC1CNC(=O)C1C2CCCCC21. The summed E-state index contributed by atoms with van der Waals surface area (Å²) < 4.78 is 0. The van der Waals surface area contributed by atoms with Gasteiger partial charge in [0.2, 0.25) is 5.91 Å². The fourth-order valence-electron chi connectivity index (χ4n) is 4.05. The first-order valence-electron chi connectivity index (χ1n) is 7.30. The standard InChI is InChI=1S/C14H24N2O/c15-12-7-3-4-9(12)8-16-14(17)13-10-5-1-2-6-11(10)13/h9-13H,1-8,15H2,(H,16,17). The summed E-state index contributed by atoms with van der Waals surface area (Å²) in [6.07, 6.45) is 8.79. The number of nitrogens with one attached hydrogen (secondary N) is 1. The Labute approximate surface area is 104 Å². The normalized spacial score (nSPS) is 44.2. The molecule has 3 fully saturated rings. The number of rotatable bonds is 3. The molecule has 0 radical (unpaired) electrons. The van der Waals surface area contributed by atoms with E-state index in [9.17, 15) is 4.79 Å². The number of carbonyl (C=O) groups is 1. The molecule has 3 rings (SSSR count). The molecular weight excluding hydrogens is 212 g/mol. The molecular formula is C14H24N2O. The molecule has 0 heterocycles. The highest BCUT2D eigenvalue weighted by atomic mass is 16.2. The summed E-state index contributed by atoms with van der Waals surface area (Å²) in [5.74, 6) is 2.65. The molecule has 0 bridgehead atoms. The Morgan fingerprint density at radius 1 is 1.06 bits per heavy atom. The van der Waals surface area contributed by atoms with Crippen molar-refractivity contribution < 1.29 is 4.79 Å². The zero-order valence-electron chi connectivity index (χ0n) is 10.5. The lowest BCUT2D eigenvalue weighted by Gasteiger charge is -2.15. The van der Waals surface area contributed by atoms with Gasteiger partial charge < -0.3 is 11.1 Å². The van der Waals surface area contributed by atoms with Crippen LogP contribution < -0.4 is 11.1 Å². The van der Waals surface area contributed by atoms with E-state index in [1.54, 1.807) is 0 Å². The van der Waals surface area contributed by atoms with Gasteiger partial charge in [-0.05, 0) is 43.4 Å². The number of hydrogen-bond acceptors (Lipinski definition) is 2. The Kier molecular flexibility index (Phi) is 3.12. The minimum Gasteiger partial charge on any atom is -0.356 e. The molecule has 4 unspecified atom stereocenters. The second-order valence-corrected chi connectivity index (χ2v) is 6.24. The van der Waals surface area contributed by atoms with Crippen molar-refractivity contribution in [3.05, 3.63) is 0 Å². The van der Waals surface area contributed by atoms with E-state index in [1.807, 2.05) is 0 Å². The fraction of sp³-hybridized carbons (Fsp3) is 0.929. The molecule has 0 aromatic rings. The largest absolute Gasteiger partial charge is 0.356 e. The van der Waals surface area contributed by atoms with Crippen LogP contribution in [0.25, 0.3) is 0 Å². The van der Waals surface area contributed by atoms with Gasteiger partial charge in [0.05, 0.1) is 0 Å². The highest BCUT2D eigenvalue weighted by Gasteiger charge is 2.54. The van der Waals surface area contributed by atoms with Gasteiger partial charge >= 0.3 is 0 Å². The van der Waals surface area contributed by atoms with Crippen LogP contribution in [0.5, 0.6) is 0 Å². The maximum atomic E-state index is 12.1. The average Bonchev–Trinajstić information content (AvgIpc) is 2.94. The summed E-state index contributed by atoms with van der Waals surface area (Å²) in [6.45, 7) is 0.815. The minimum atomic E-state index is 0.316. The molecule has 0 aromatic carbocycles. The third-order valence-corrected chi connectivity index (χ3v) is 5.22. The summed E-state index contributed by atoms with van der Waals surface area (Å²) in [7, 11) is 0. The van der Waals surface area contributed by atoms with Crippen molar-refractivity contribution in [3.8, 4) is 0 Å². The molecule has 96 valence electrons. The Balaban J connectivity index is 1.45. The van der Waals surface area contributed by atoms with Gasteiger partial charge in [0.15, 0.2) is 0 Å². The van der Waals surface area contributed by atoms with E-state index in [1.165, 1.54) is 38.5 Å². The van der Waals surface area contributed by atoms with Crippen LogP contribution in [0.2, 0.25) is 0 Å². The number of hydrogen-bond donors (Lipinski definition) is 2. The van der Waals surface area contributed by atoms with Crippen molar-refractivity contribution in [1.29, 1.82) is 0 Å². The number of carbonyl (C=O) groups excluding carboxylic acids is 1. The number of nitrogens with two attached hydrogens (primary N) is 1. The second-order valence-electron chi connectivity index (χ2n) is 6.24. The summed E-state index contributed by atoms with van der Waals surface area (Å²) in [6, 6.07) is 0.316. The first-order chi connectivity index (χ1) is 8.27. The van der Waals surface area contributed by atoms with Crippen molar-refractivity contribution in [2.45, 2.75) is 51.0 Å². The maximum absolute atomic E-state index is 12.1. The molecule has 3 saturated carbocycles. The Bertz CT molecular complexity index is 293. The molecule has 17 heavy (non-hydrogen) atoms. The van der Waals surface area contributed by atoms with Crippen molar-refractivity contribution >= 4 is 5.91 Å². The van der Waals surface area contributed by atoms with Crippen molar-refractivity contribution in [2.24, 2.45) is 29.4 Å². The lowest BCUT2D eigenvalue weighted by atomic mass is 10.0. The summed E-state index contributed by atoms with van der Waals surface area (Å²) in [5, 5.41) is 3.15. The third kappa shape index (κ3) is 2.22. The third-order valence-electron chi connectivity index (χ3n) is 5.22. The lowest BCUT2D eigenvalue weighted by molar-refractivity contribution is -0.123. The van der Waals surface area contributed by atoms with E-state index < -0.39 is 0 Å². The molecule has 4 atom stereocenters. The Morgan fingerprint density at radius 3 is 2.35 bits per heavy atom. The Hall–Kier alpha value is -0.570. The Morgan fingerprint density at radius 2 is 1.76 bits per heavy atom. The average molecular weight is 236 g/mol. The van der Waals surface area contributed by atoms with E-state index >= 15 is 0 Å². The fourth-order valence-corrected chi connectivity index (χ4v) is 4.05. The molecule has 3 aliphatic rings. The lowest BCUT2D eigenvalue weighted by Crippen LogP contribution is -2.37. The van der Waals surface area contributed by atoms with Crippen LogP contribution >= 0.6 is 0 Å². The van der Waals surface area contributed by atoms with E-state index in [0.717, 1.165) is 24.8 Å². The number of amides is 1. The summed E-state index contributed by atoms with van der Waals surface area (Å²) in [4.78, 5) is 12.1. The molecule has 3 N–H and O–H groups in total. The van der Waals surface area contributed by atoms with Gasteiger partial charge in [-0.15, -0.1) is 0 Å². The highest BCUT2D eigenvalue weighted by Crippen LogP contribution is 2.55. The molecule has 3 nitrogen and oxygen atoms in total. The highest BCUT2D eigenvalue weighted by molar-refractivity contribution is 5.82. The monoisotopic (exact) mass is 236 g/mol. The van der Waals surface area contributed by atoms with Crippen molar-refractivity contribution in [1.82, 2.24) is 5.32 Å². The molecule has 3 aliphatic carbocycles. The summed E-state index contributed by atoms with van der Waals surface area (Å²) in [5.41, 5.74) is 6.02. The minimum absolute atomic E-state index is 0.316. The topological polar surface area (TPSA) is 55.1 Å². The first kappa shape index (κ1) is 11.5. The zero-order chi connectivity index (χ0) is 11.8. The zero-order valence-corrected chi connectivity index (χ0v) is 10.5. The molecule has 0 aliphatic heterocycles. The smallest absolute Gasteiger partial charge is 0.223 e. The molecule has 1 amide bonds. The van der Waals surface area contributed by atoms with Gasteiger partial charge in [-0.2, -0.15) is 0 Å². The van der Waals surface area contributed by atoms with Gasteiger partial charge in [-0.1, -0.05) is 19.3 Å². The van der Waals surface area contributed by atoms with E-state index in [0.29, 0.717) is 23.8 Å². The van der Waals surface area contributed by atoms with Crippen molar-refractivity contribution in [2.75, 3.05) is 6.54 Å². The van der Waals surface area contributed by atoms with Crippen LogP contribution in [-0.2, 0) is 4.79 Å². The molecule has 0 saturated heterocycles. The molecule has 3 heteroatoms. The molecule has 0 aromatic heterocycles. The van der Waals surface area contributed by atoms with Gasteiger partial charge in [0.1, 0.15) is 0 Å². The maximum Gasteiger partial charge on any atom is 0.223 e. The summed E-state index contributed by atoms with van der Waals surface area (Å²) >= 11 is 0. The van der Waals surface area contributed by atoms with Crippen LogP contribution in [-0.4, -0.2) is 18.5 Å². The van der Waals surface area contributed by atoms with Crippen LogP contribution in [0, 0.1) is 23.7 Å². The van der Waals surface area contributed by atoms with Crippen LogP contribution in [0.1, 0.15) is 44.9 Å². The van der Waals surface area contributed by atoms with Crippen LogP contribution in [0.3, 0.4) is 0 Å². The van der Waals surface area contributed by atoms with Crippen LogP contribution in [0.4, 0.5) is 0 Å². The van der Waals surface area contributed by atoms with E-state index in [2.05, 4.69) is 5.32 Å². The predicted octanol–water partition coefficient (Wildman–Crippen LogP) is 1.67. The van der Waals surface area contributed by atoms with Gasteiger partial charge in [-0.25, -0.2) is 0 Å². The van der Waals surface area contributed by atoms with Gasteiger partial charge in [0, 0.05) is 18.5 Å². The van der Waals surface area contributed by atoms with Crippen LogP contribution in [0.15, 0.2) is 0 Å².